The molecule has 0 bridgehead atoms. The van der Waals surface area contributed by atoms with Crippen LogP contribution in [-0.4, -0.2) is 28.5 Å². The number of amides is 1. The van der Waals surface area contributed by atoms with E-state index in [1.165, 1.54) is 32.4 Å². The number of sulfonamides is 1. The number of carbonyl (C=O) groups excluding carboxylic acids is 1. The molecule has 8 heteroatoms. The van der Waals surface area contributed by atoms with Gasteiger partial charge in [0.15, 0.2) is 0 Å². The molecule has 6 nitrogen and oxygen atoms in total. The van der Waals surface area contributed by atoms with E-state index in [1.54, 1.807) is 24.3 Å². The summed E-state index contributed by atoms with van der Waals surface area (Å²) in [4.78, 5) is 12.2. The van der Waals surface area contributed by atoms with Gasteiger partial charge in [-0.25, -0.2) is 13.1 Å². The Kier molecular flexibility index (Phi) is 5.40. The summed E-state index contributed by atoms with van der Waals surface area (Å²) in [6.07, 6.45) is 0. The topological polar surface area (TPSA) is 84.5 Å². The first-order valence-electron chi connectivity index (χ1n) is 6.56. The highest BCUT2D eigenvalue weighted by Crippen LogP contribution is 2.25. The first-order chi connectivity index (χ1) is 10.9. The quantitative estimate of drug-likeness (QED) is 0.810. The summed E-state index contributed by atoms with van der Waals surface area (Å²) < 4.78 is 32.2. The van der Waals surface area contributed by atoms with E-state index in [9.17, 15) is 13.2 Å². The molecule has 0 spiro atoms. The van der Waals surface area contributed by atoms with E-state index in [-0.39, 0.29) is 16.2 Å². The number of hydrogen-bond acceptors (Lipinski definition) is 4. The highest BCUT2D eigenvalue weighted by molar-refractivity contribution is 9.10. The molecule has 0 aliphatic heterocycles. The van der Waals surface area contributed by atoms with E-state index in [4.69, 9.17) is 4.74 Å². The molecule has 0 saturated carbocycles. The second-order valence-corrected chi connectivity index (χ2v) is 7.30. The number of halogens is 1. The van der Waals surface area contributed by atoms with Gasteiger partial charge in [0, 0.05) is 15.7 Å². The minimum atomic E-state index is -3.74. The largest absolute Gasteiger partial charge is 0.495 e. The zero-order valence-electron chi connectivity index (χ0n) is 12.5. The highest BCUT2D eigenvalue weighted by Gasteiger charge is 2.20. The molecule has 2 rings (SSSR count). The molecule has 2 aromatic rings. The second-order valence-electron chi connectivity index (χ2n) is 4.53. The third kappa shape index (κ3) is 4.10. The summed E-state index contributed by atoms with van der Waals surface area (Å²) in [5, 5.41) is 2.70. The molecule has 0 atom stereocenters. The number of carbonyl (C=O) groups is 1. The molecule has 0 fully saturated rings. The van der Waals surface area contributed by atoms with Crippen LogP contribution in [-0.2, 0) is 10.0 Å². The van der Waals surface area contributed by atoms with E-state index in [0.29, 0.717) is 5.69 Å². The van der Waals surface area contributed by atoms with Crippen LogP contribution in [0.25, 0.3) is 0 Å². The molecule has 0 saturated heterocycles. The van der Waals surface area contributed by atoms with Crippen molar-refractivity contribution in [3.05, 3.63) is 52.5 Å². The first-order valence-corrected chi connectivity index (χ1v) is 8.83. The van der Waals surface area contributed by atoms with Crippen LogP contribution in [0.2, 0.25) is 0 Å². The van der Waals surface area contributed by atoms with Gasteiger partial charge >= 0.3 is 0 Å². The van der Waals surface area contributed by atoms with Gasteiger partial charge in [-0.15, -0.1) is 0 Å². The third-order valence-corrected chi connectivity index (χ3v) is 5.05. The Balaban J connectivity index is 2.34. The maximum absolute atomic E-state index is 12.3. The Bertz CT molecular complexity index is 820. The van der Waals surface area contributed by atoms with Crippen LogP contribution >= 0.6 is 15.9 Å². The van der Waals surface area contributed by atoms with E-state index in [0.717, 1.165) is 4.47 Å². The fourth-order valence-corrected chi connectivity index (χ4v) is 3.06. The van der Waals surface area contributed by atoms with Gasteiger partial charge in [-0.2, -0.15) is 0 Å². The molecule has 2 aromatic carbocycles. The van der Waals surface area contributed by atoms with Crippen LogP contribution in [0, 0.1) is 0 Å². The Morgan fingerprint density at radius 1 is 1.13 bits per heavy atom. The van der Waals surface area contributed by atoms with Crippen LogP contribution < -0.4 is 14.8 Å². The SMILES string of the molecule is CNS(=O)(=O)c1cc(C(=O)Nc2ccc(Br)cc2)ccc1OC. The average Bonchev–Trinajstić information content (AvgIpc) is 2.56. The van der Waals surface area contributed by atoms with Crippen LogP contribution in [0.5, 0.6) is 5.75 Å². The summed E-state index contributed by atoms with van der Waals surface area (Å²) >= 11 is 3.31. The van der Waals surface area contributed by atoms with Crippen molar-refractivity contribution in [1.29, 1.82) is 0 Å². The lowest BCUT2D eigenvalue weighted by Gasteiger charge is -2.11. The van der Waals surface area contributed by atoms with E-state index in [2.05, 4.69) is 26.0 Å². The molecule has 0 heterocycles. The normalized spacial score (nSPS) is 11.1. The zero-order valence-corrected chi connectivity index (χ0v) is 14.9. The molecule has 0 radical (unpaired) electrons. The average molecular weight is 399 g/mol. The maximum Gasteiger partial charge on any atom is 0.255 e. The predicted molar refractivity (Wildman–Crippen MR) is 91.3 cm³/mol. The van der Waals surface area contributed by atoms with Crippen LogP contribution in [0.1, 0.15) is 10.4 Å². The van der Waals surface area contributed by atoms with Gasteiger partial charge in [0.25, 0.3) is 5.91 Å². The highest BCUT2D eigenvalue weighted by atomic mass is 79.9. The summed E-state index contributed by atoms with van der Waals surface area (Å²) in [7, 11) is -1.07. The Hall–Kier alpha value is -1.90. The molecule has 122 valence electrons. The van der Waals surface area contributed by atoms with Crippen LogP contribution in [0.15, 0.2) is 51.8 Å². The monoisotopic (exact) mass is 398 g/mol. The Labute approximate surface area is 143 Å². The van der Waals surface area contributed by atoms with Crippen LogP contribution in [0.3, 0.4) is 0 Å². The summed E-state index contributed by atoms with van der Waals surface area (Å²) in [5.74, 6) is -0.248. The van der Waals surface area contributed by atoms with E-state index in [1.807, 2.05) is 0 Å². The number of nitrogens with one attached hydrogen (secondary N) is 2. The number of ether oxygens (including phenoxy) is 1. The third-order valence-electron chi connectivity index (χ3n) is 3.09. The van der Waals surface area contributed by atoms with Crippen molar-refractivity contribution in [2.75, 3.05) is 19.5 Å². The minimum Gasteiger partial charge on any atom is -0.495 e. The lowest BCUT2D eigenvalue weighted by molar-refractivity contribution is 0.102. The predicted octanol–water partition coefficient (Wildman–Crippen LogP) is 2.62. The second kappa shape index (κ2) is 7.12. The molecule has 0 aliphatic rings. The van der Waals surface area contributed by atoms with Crippen molar-refractivity contribution in [1.82, 2.24) is 4.72 Å². The lowest BCUT2D eigenvalue weighted by Crippen LogP contribution is -2.20. The van der Waals surface area contributed by atoms with Gasteiger partial charge in [-0.1, -0.05) is 15.9 Å². The number of anilines is 1. The van der Waals surface area contributed by atoms with Crippen molar-refractivity contribution in [3.63, 3.8) is 0 Å². The zero-order chi connectivity index (χ0) is 17.0. The van der Waals surface area contributed by atoms with Crippen molar-refractivity contribution >= 4 is 37.5 Å². The number of rotatable bonds is 5. The molecule has 0 aliphatic carbocycles. The van der Waals surface area contributed by atoms with Crippen molar-refractivity contribution in [2.45, 2.75) is 4.90 Å². The van der Waals surface area contributed by atoms with Gasteiger partial charge in [0.05, 0.1) is 7.11 Å². The fraction of sp³-hybridized carbons (Fsp3) is 0.133. The van der Waals surface area contributed by atoms with Gasteiger partial charge in [-0.3, -0.25) is 4.79 Å². The van der Waals surface area contributed by atoms with Gasteiger partial charge in [0.2, 0.25) is 10.0 Å². The summed E-state index contributed by atoms with van der Waals surface area (Å²) in [6.45, 7) is 0. The van der Waals surface area contributed by atoms with E-state index < -0.39 is 15.9 Å². The summed E-state index contributed by atoms with van der Waals surface area (Å²) in [6, 6.07) is 11.3. The molecule has 1 amide bonds. The van der Waals surface area contributed by atoms with Gasteiger partial charge in [-0.05, 0) is 49.5 Å². The first kappa shape index (κ1) is 17.5. The molecule has 23 heavy (non-hydrogen) atoms. The molecule has 0 aromatic heterocycles. The molecule has 2 N–H and O–H groups in total. The number of hydrogen-bond donors (Lipinski definition) is 2. The fourth-order valence-electron chi connectivity index (χ4n) is 1.87. The lowest BCUT2D eigenvalue weighted by atomic mass is 10.2. The van der Waals surface area contributed by atoms with Crippen LogP contribution in [0.4, 0.5) is 5.69 Å². The number of benzene rings is 2. The number of methoxy groups -OCH3 is 1. The molecular formula is C15H15BrN2O4S. The van der Waals surface area contributed by atoms with Gasteiger partial charge in [0.1, 0.15) is 10.6 Å². The minimum absolute atomic E-state index is 0.0917. The van der Waals surface area contributed by atoms with E-state index >= 15 is 0 Å². The van der Waals surface area contributed by atoms with Gasteiger partial charge < -0.3 is 10.1 Å². The molecular weight excluding hydrogens is 384 g/mol. The van der Waals surface area contributed by atoms with Crippen molar-refractivity contribution in [3.8, 4) is 5.75 Å². The Morgan fingerprint density at radius 2 is 1.78 bits per heavy atom. The smallest absolute Gasteiger partial charge is 0.255 e. The molecule has 0 unspecified atom stereocenters. The summed E-state index contributed by atoms with van der Waals surface area (Å²) in [5.41, 5.74) is 0.814. The van der Waals surface area contributed by atoms with Crippen molar-refractivity contribution < 1.29 is 17.9 Å². The Morgan fingerprint density at radius 3 is 2.35 bits per heavy atom. The standard InChI is InChI=1S/C15H15BrN2O4S/c1-17-23(20,21)14-9-10(3-8-13(14)22-2)15(19)18-12-6-4-11(16)5-7-12/h3-9,17H,1-2H3,(H,18,19). The maximum atomic E-state index is 12.3. The van der Waals surface area contributed by atoms with Crippen molar-refractivity contribution in [2.24, 2.45) is 0 Å².